The quantitative estimate of drug-likeness (QED) is 0.342. The topological polar surface area (TPSA) is 102 Å². The Labute approximate surface area is 202 Å². The van der Waals surface area contributed by atoms with Crippen LogP contribution in [0.25, 0.3) is 16.7 Å². The number of aryl methyl sites for hydroxylation is 1. The van der Waals surface area contributed by atoms with Gasteiger partial charge in [-0.2, -0.15) is 0 Å². The van der Waals surface area contributed by atoms with Crippen LogP contribution in [0.3, 0.4) is 0 Å². The SMILES string of the molecule is Cc1[nH]n(-c2c(Cl)cc(Cl)cc2Cl)c(=O)c1C=Nc1cc2[nH]c(=O)[nH]c2cc1N1CCCC1. The molecular weight excluding hydrogens is 487 g/mol. The molecule has 0 saturated carbocycles. The van der Waals surface area contributed by atoms with Crippen LogP contribution >= 0.6 is 34.8 Å². The number of aromatic nitrogens is 4. The first kappa shape index (κ1) is 21.9. The van der Waals surface area contributed by atoms with Gasteiger partial charge in [-0.05, 0) is 44.0 Å². The lowest BCUT2D eigenvalue weighted by Gasteiger charge is -2.19. The Morgan fingerprint density at radius 1 is 0.970 bits per heavy atom. The van der Waals surface area contributed by atoms with E-state index in [1.54, 1.807) is 6.92 Å². The molecule has 170 valence electrons. The normalized spacial score (nSPS) is 14.2. The lowest BCUT2D eigenvalue weighted by molar-refractivity contribution is 0.835. The van der Waals surface area contributed by atoms with Gasteiger partial charge in [0, 0.05) is 30.0 Å². The van der Waals surface area contributed by atoms with Gasteiger partial charge in [0.05, 0.1) is 38.0 Å². The van der Waals surface area contributed by atoms with Gasteiger partial charge >= 0.3 is 5.69 Å². The van der Waals surface area contributed by atoms with Crippen molar-refractivity contribution in [1.82, 2.24) is 19.7 Å². The third-order valence-corrected chi connectivity index (χ3v) is 6.51. The summed E-state index contributed by atoms with van der Waals surface area (Å²) < 4.78 is 1.28. The number of hydrogen-bond acceptors (Lipinski definition) is 4. The zero-order chi connectivity index (χ0) is 23.3. The Balaban J connectivity index is 1.60. The van der Waals surface area contributed by atoms with Crippen LogP contribution in [0.5, 0.6) is 0 Å². The number of H-pyrrole nitrogens is 3. The molecular formula is C22H19Cl3N6O2. The second-order valence-electron chi connectivity index (χ2n) is 7.93. The highest BCUT2D eigenvalue weighted by molar-refractivity contribution is 6.40. The van der Waals surface area contributed by atoms with Crippen molar-refractivity contribution < 1.29 is 0 Å². The predicted octanol–water partition coefficient (Wildman–Crippen LogP) is 4.95. The minimum Gasteiger partial charge on any atom is -0.370 e. The molecule has 0 amide bonds. The zero-order valence-electron chi connectivity index (χ0n) is 17.5. The first-order valence-corrected chi connectivity index (χ1v) is 11.5. The lowest BCUT2D eigenvalue weighted by atomic mass is 10.2. The number of nitrogens with zero attached hydrogens (tertiary/aromatic N) is 3. The summed E-state index contributed by atoms with van der Waals surface area (Å²) in [5.74, 6) is 0. The van der Waals surface area contributed by atoms with Gasteiger partial charge in [-0.3, -0.25) is 14.9 Å². The summed E-state index contributed by atoms with van der Waals surface area (Å²) in [6.45, 7) is 3.59. The Morgan fingerprint density at radius 2 is 1.61 bits per heavy atom. The number of fused-ring (bicyclic) bond motifs is 1. The molecule has 0 atom stereocenters. The third-order valence-electron chi connectivity index (χ3n) is 5.71. The number of anilines is 1. The van der Waals surface area contributed by atoms with Crippen molar-refractivity contribution in [3.63, 3.8) is 0 Å². The molecule has 2 aromatic heterocycles. The smallest absolute Gasteiger partial charge is 0.323 e. The van der Waals surface area contributed by atoms with Crippen LogP contribution < -0.4 is 16.1 Å². The van der Waals surface area contributed by atoms with Gasteiger partial charge in [-0.15, -0.1) is 0 Å². The van der Waals surface area contributed by atoms with E-state index in [4.69, 9.17) is 34.8 Å². The molecule has 3 N–H and O–H groups in total. The molecule has 1 saturated heterocycles. The molecule has 11 heteroatoms. The second kappa shape index (κ2) is 8.44. The first-order chi connectivity index (χ1) is 15.8. The van der Waals surface area contributed by atoms with Gasteiger partial charge < -0.3 is 14.9 Å². The molecule has 0 spiro atoms. The molecule has 4 aromatic rings. The van der Waals surface area contributed by atoms with Gasteiger partial charge in [-0.1, -0.05) is 34.8 Å². The maximum absolute atomic E-state index is 13.2. The molecule has 1 aliphatic rings. The largest absolute Gasteiger partial charge is 0.370 e. The number of aliphatic imine (C=N–C) groups is 1. The van der Waals surface area contributed by atoms with Gasteiger partial charge in [0.2, 0.25) is 0 Å². The van der Waals surface area contributed by atoms with Crippen LogP contribution in [0.1, 0.15) is 24.1 Å². The van der Waals surface area contributed by atoms with E-state index in [-0.39, 0.29) is 21.3 Å². The molecule has 0 aliphatic carbocycles. The Kier molecular flexibility index (Phi) is 5.60. The molecule has 1 fully saturated rings. The number of aromatic amines is 3. The second-order valence-corrected chi connectivity index (χ2v) is 9.18. The zero-order valence-corrected chi connectivity index (χ0v) is 19.8. The maximum Gasteiger partial charge on any atom is 0.323 e. The molecule has 1 aliphatic heterocycles. The number of nitrogens with one attached hydrogen (secondary N) is 3. The first-order valence-electron chi connectivity index (χ1n) is 10.3. The summed E-state index contributed by atoms with van der Waals surface area (Å²) in [6.07, 6.45) is 3.71. The number of rotatable bonds is 4. The van der Waals surface area contributed by atoms with Crippen molar-refractivity contribution in [1.29, 1.82) is 0 Å². The van der Waals surface area contributed by atoms with Gasteiger partial charge in [0.1, 0.15) is 5.69 Å². The molecule has 0 bridgehead atoms. The van der Waals surface area contributed by atoms with Gasteiger partial charge in [0.25, 0.3) is 5.56 Å². The van der Waals surface area contributed by atoms with E-state index >= 15 is 0 Å². The highest BCUT2D eigenvalue weighted by Crippen LogP contribution is 2.34. The minimum atomic E-state index is -0.346. The number of imidazole rings is 1. The fraction of sp³-hybridized carbons (Fsp3) is 0.227. The summed E-state index contributed by atoms with van der Waals surface area (Å²) >= 11 is 18.6. The molecule has 0 unspecified atom stereocenters. The highest BCUT2D eigenvalue weighted by Gasteiger charge is 2.19. The Hall–Kier alpha value is -2.94. The van der Waals surface area contributed by atoms with Crippen molar-refractivity contribution in [3.05, 3.63) is 71.4 Å². The van der Waals surface area contributed by atoms with Crippen LogP contribution in [0.4, 0.5) is 11.4 Å². The number of hydrogen-bond donors (Lipinski definition) is 3. The molecule has 8 nitrogen and oxygen atoms in total. The predicted molar refractivity (Wildman–Crippen MR) is 134 cm³/mol. The number of benzene rings is 2. The summed E-state index contributed by atoms with van der Waals surface area (Å²) in [4.78, 5) is 37.4. The van der Waals surface area contributed by atoms with Crippen LogP contribution in [-0.2, 0) is 0 Å². The van der Waals surface area contributed by atoms with E-state index in [0.29, 0.717) is 38.7 Å². The van der Waals surface area contributed by atoms with E-state index in [9.17, 15) is 9.59 Å². The van der Waals surface area contributed by atoms with Crippen molar-refractivity contribution in [2.45, 2.75) is 19.8 Å². The summed E-state index contributed by atoms with van der Waals surface area (Å²) in [5.41, 5.74) is 3.60. The molecule has 33 heavy (non-hydrogen) atoms. The summed E-state index contributed by atoms with van der Waals surface area (Å²) in [6, 6.07) is 6.78. The fourth-order valence-electron chi connectivity index (χ4n) is 4.13. The van der Waals surface area contributed by atoms with Crippen LogP contribution in [-0.4, -0.2) is 39.1 Å². The maximum atomic E-state index is 13.2. The Bertz CT molecular complexity index is 1500. The Morgan fingerprint density at radius 3 is 2.27 bits per heavy atom. The average molecular weight is 506 g/mol. The van der Waals surface area contributed by atoms with Crippen LogP contribution in [0, 0.1) is 6.92 Å². The average Bonchev–Trinajstić information content (AvgIpc) is 3.45. The monoisotopic (exact) mass is 504 g/mol. The highest BCUT2D eigenvalue weighted by atomic mass is 35.5. The molecule has 2 aromatic carbocycles. The third kappa shape index (κ3) is 3.99. The van der Waals surface area contributed by atoms with Crippen molar-refractivity contribution in [2.75, 3.05) is 18.0 Å². The van der Waals surface area contributed by atoms with Crippen LogP contribution in [0.2, 0.25) is 15.1 Å². The number of halogens is 3. The van der Waals surface area contributed by atoms with Gasteiger partial charge in [0.15, 0.2) is 0 Å². The van der Waals surface area contributed by atoms with Crippen molar-refractivity contribution in [3.8, 4) is 5.69 Å². The van der Waals surface area contributed by atoms with Crippen molar-refractivity contribution >= 4 is 63.4 Å². The minimum absolute atomic E-state index is 0.248. The summed E-state index contributed by atoms with van der Waals surface area (Å²) in [5, 5.41) is 3.88. The van der Waals surface area contributed by atoms with Crippen molar-refractivity contribution in [2.24, 2.45) is 4.99 Å². The van der Waals surface area contributed by atoms with E-state index in [0.717, 1.165) is 31.6 Å². The standard InChI is InChI=1S/C22H19Cl3N6O2/c1-11-13(21(32)31(29-11)20-14(24)6-12(23)7-15(20)25)10-26-18-8-16-17(28-22(33)27-16)9-19(18)30-4-2-3-5-30/h6-10,29H,2-5H2,1H3,(H2,27,28,33). The van der Waals surface area contributed by atoms with Crippen LogP contribution in [0.15, 0.2) is 38.8 Å². The molecule has 5 rings (SSSR count). The molecule has 3 heterocycles. The fourth-order valence-corrected chi connectivity index (χ4v) is 5.11. The van der Waals surface area contributed by atoms with E-state index in [1.807, 2.05) is 12.1 Å². The molecule has 0 radical (unpaired) electrons. The van der Waals surface area contributed by atoms with E-state index < -0.39 is 0 Å². The summed E-state index contributed by atoms with van der Waals surface area (Å²) in [7, 11) is 0. The van der Waals surface area contributed by atoms with E-state index in [1.165, 1.54) is 23.0 Å². The van der Waals surface area contributed by atoms with Gasteiger partial charge in [-0.25, -0.2) is 9.48 Å². The lowest BCUT2D eigenvalue weighted by Crippen LogP contribution is -2.18. The van der Waals surface area contributed by atoms with E-state index in [2.05, 4.69) is 25.0 Å².